The Labute approximate surface area is 199 Å². The summed E-state index contributed by atoms with van der Waals surface area (Å²) in [5.74, 6) is -1.15. The second kappa shape index (κ2) is 10.7. The van der Waals surface area contributed by atoms with Crippen LogP contribution in [0.1, 0.15) is 62.5 Å². The monoisotopic (exact) mass is 464 g/mol. The van der Waals surface area contributed by atoms with Crippen molar-refractivity contribution in [2.75, 3.05) is 6.61 Å². The summed E-state index contributed by atoms with van der Waals surface area (Å²) in [4.78, 5) is 35.7. The number of hydrogen-bond acceptors (Lipinski definition) is 4. The fourth-order valence-electron chi connectivity index (χ4n) is 5.23. The molecule has 34 heavy (non-hydrogen) atoms. The number of carbonyl (C=O) groups excluding carboxylic acids is 2. The largest absolute Gasteiger partial charge is 0.480 e. The smallest absolute Gasteiger partial charge is 0.407 e. The number of nitrogens with one attached hydrogen (secondary N) is 2. The van der Waals surface area contributed by atoms with E-state index in [1.807, 2.05) is 24.3 Å². The van der Waals surface area contributed by atoms with Crippen molar-refractivity contribution in [2.45, 2.75) is 63.5 Å². The van der Waals surface area contributed by atoms with Gasteiger partial charge in [0, 0.05) is 18.4 Å². The maximum atomic E-state index is 12.7. The molecule has 2 aliphatic rings. The van der Waals surface area contributed by atoms with Gasteiger partial charge in [0.25, 0.3) is 0 Å². The first kappa shape index (κ1) is 23.8. The molecule has 2 amide bonds. The molecule has 2 aromatic carbocycles. The lowest BCUT2D eigenvalue weighted by Gasteiger charge is -2.32. The molecule has 0 heterocycles. The van der Waals surface area contributed by atoms with Crippen molar-refractivity contribution in [3.05, 3.63) is 59.7 Å². The first-order valence-electron chi connectivity index (χ1n) is 12.1. The molecule has 0 saturated heterocycles. The maximum absolute atomic E-state index is 12.7. The lowest BCUT2D eigenvalue weighted by Crippen LogP contribution is -2.43. The molecule has 3 atom stereocenters. The molecular weight excluding hydrogens is 432 g/mol. The number of aliphatic carboxylic acids is 1. The number of rotatable bonds is 8. The average Bonchev–Trinajstić information content (AvgIpc) is 3.16. The standard InChI is InChI=1S/C27H32N2O5/c1-17(26(31)32)28-25(30)15-14-18-8-2-7-13-24(18)29-27(33)34-16-23-21-11-5-3-9-19(21)20-10-4-6-12-22(20)23/h3-6,9-12,17-18,23-24H,2,7-8,13-16H2,1H3,(H,28,30)(H,29,33)(H,31,32). The fourth-order valence-corrected chi connectivity index (χ4v) is 5.23. The van der Waals surface area contributed by atoms with E-state index in [2.05, 4.69) is 34.9 Å². The third-order valence-corrected chi connectivity index (χ3v) is 7.05. The summed E-state index contributed by atoms with van der Waals surface area (Å²) in [6.07, 6.45) is 4.27. The number of amides is 2. The number of benzene rings is 2. The summed E-state index contributed by atoms with van der Waals surface area (Å²) in [5, 5.41) is 14.5. The molecule has 2 aliphatic carbocycles. The Morgan fingerprint density at radius 1 is 1.00 bits per heavy atom. The van der Waals surface area contributed by atoms with Crippen molar-refractivity contribution in [3.8, 4) is 11.1 Å². The van der Waals surface area contributed by atoms with Gasteiger partial charge in [-0.2, -0.15) is 0 Å². The quantitative estimate of drug-likeness (QED) is 0.535. The van der Waals surface area contributed by atoms with Crippen LogP contribution in [0.15, 0.2) is 48.5 Å². The van der Waals surface area contributed by atoms with Gasteiger partial charge in [0.1, 0.15) is 12.6 Å². The molecule has 7 heteroatoms. The van der Waals surface area contributed by atoms with Gasteiger partial charge in [0.05, 0.1) is 0 Å². The number of fused-ring (bicyclic) bond motifs is 3. The van der Waals surface area contributed by atoms with E-state index in [0.29, 0.717) is 6.42 Å². The molecule has 1 fully saturated rings. The lowest BCUT2D eigenvalue weighted by molar-refractivity contribution is -0.141. The normalized spacial score (nSPS) is 20.0. The van der Waals surface area contributed by atoms with E-state index in [1.165, 1.54) is 29.2 Å². The fraction of sp³-hybridized carbons (Fsp3) is 0.444. The Kier molecular flexibility index (Phi) is 7.50. The Balaban J connectivity index is 1.31. The second-order valence-corrected chi connectivity index (χ2v) is 9.29. The number of alkyl carbamates (subject to hydrolysis) is 1. The van der Waals surface area contributed by atoms with Gasteiger partial charge in [-0.1, -0.05) is 61.4 Å². The molecule has 0 aliphatic heterocycles. The molecule has 0 radical (unpaired) electrons. The first-order chi connectivity index (χ1) is 16.4. The van der Waals surface area contributed by atoms with Crippen LogP contribution in [0.5, 0.6) is 0 Å². The Morgan fingerprint density at radius 3 is 2.26 bits per heavy atom. The van der Waals surface area contributed by atoms with E-state index < -0.39 is 18.1 Å². The minimum Gasteiger partial charge on any atom is -0.480 e. The zero-order valence-electron chi connectivity index (χ0n) is 19.5. The number of carboxylic acids is 1. The van der Waals surface area contributed by atoms with Gasteiger partial charge in [-0.05, 0) is 54.4 Å². The van der Waals surface area contributed by atoms with Crippen LogP contribution in [0, 0.1) is 5.92 Å². The van der Waals surface area contributed by atoms with Crippen molar-refractivity contribution in [3.63, 3.8) is 0 Å². The topological polar surface area (TPSA) is 105 Å². The minimum atomic E-state index is -1.05. The van der Waals surface area contributed by atoms with Crippen molar-refractivity contribution >= 4 is 18.0 Å². The SMILES string of the molecule is CC(NC(=O)CCC1CCCCC1NC(=O)OCC1c2ccccc2-c2ccccc21)C(=O)O. The summed E-state index contributed by atoms with van der Waals surface area (Å²) >= 11 is 0. The Bertz CT molecular complexity index is 1010. The molecule has 1 saturated carbocycles. The van der Waals surface area contributed by atoms with E-state index in [9.17, 15) is 14.4 Å². The van der Waals surface area contributed by atoms with Crippen LogP contribution in [0.3, 0.4) is 0 Å². The molecular formula is C27H32N2O5. The van der Waals surface area contributed by atoms with E-state index >= 15 is 0 Å². The molecule has 7 nitrogen and oxygen atoms in total. The number of carbonyl (C=O) groups is 3. The summed E-state index contributed by atoms with van der Waals surface area (Å²) in [7, 11) is 0. The molecule has 3 N–H and O–H groups in total. The van der Waals surface area contributed by atoms with Crippen LogP contribution in [-0.4, -0.2) is 41.8 Å². The van der Waals surface area contributed by atoms with Gasteiger partial charge in [0.2, 0.25) is 5.91 Å². The zero-order valence-corrected chi connectivity index (χ0v) is 19.5. The van der Waals surface area contributed by atoms with Crippen LogP contribution < -0.4 is 10.6 Å². The van der Waals surface area contributed by atoms with E-state index in [4.69, 9.17) is 9.84 Å². The minimum absolute atomic E-state index is 0.0141. The predicted octanol–water partition coefficient (Wildman–Crippen LogP) is 4.45. The lowest BCUT2D eigenvalue weighted by atomic mass is 9.81. The first-order valence-corrected chi connectivity index (χ1v) is 12.1. The van der Waals surface area contributed by atoms with Crippen molar-refractivity contribution in [1.82, 2.24) is 10.6 Å². The highest BCUT2D eigenvalue weighted by Gasteiger charge is 2.31. The molecule has 4 rings (SSSR count). The van der Waals surface area contributed by atoms with Gasteiger partial charge in [-0.25, -0.2) is 4.79 Å². The highest BCUT2D eigenvalue weighted by atomic mass is 16.5. The third kappa shape index (κ3) is 5.41. The zero-order chi connectivity index (χ0) is 24.1. The highest BCUT2D eigenvalue weighted by molar-refractivity contribution is 5.83. The molecule has 3 unspecified atom stereocenters. The van der Waals surface area contributed by atoms with Crippen LogP contribution in [0.4, 0.5) is 4.79 Å². The predicted molar refractivity (Wildman–Crippen MR) is 128 cm³/mol. The summed E-state index contributed by atoms with van der Waals surface area (Å²) in [6, 6.07) is 15.5. The van der Waals surface area contributed by atoms with Crippen molar-refractivity contribution in [2.24, 2.45) is 5.92 Å². The molecule has 2 aromatic rings. The summed E-state index contributed by atoms with van der Waals surface area (Å²) in [6.45, 7) is 1.72. The highest BCUT2D eigenvalue weighted by Crippen LogP contribution is 2.44. The molecule has 0 spiro atoms. The van der Waals surface area contributed by atoms with E-state index in [1.54, 1.807) is 0 Å². The number of carboxylic acid groups (broad SMARTS) is 1. The molecule has 0 bridgehead atoms. The van der Waals surface area contributed by atoms with Crippen molar-refractivity contribution < 1.29 is 24.2 Å². The van der Waals surface area contributed by atoms with Gasteiger partial charge in [-0.3, -0.25) is 9.59 Å². The van der Waals surface area contributed by atoms with E-state index in [0.717, 1.165) is 25.7 Å². The van der Waals surface area contributed by atoms with Gasteiger partial charge in [0.15, 0.2) is 0 Å². The number of hydrogen-bond donors (Lipinski definition) is 3. The third-order valence-electron chi connectivity index (χ3n) is 7.05. The van der Waals surface area contributed by atoms with Gasteiger partial charge >= 0.3 is 12.1 Å². The number of ether oxygens (including phenoxy) is 1. The Morgan fingerprint density at radius 2 is 1.62 bits per heavy atom. The molecule has 180 valence electrons. The Hall–Kier alpha value is -3.35. The van der Waals surface area contributed by atoms with E-state index in [-0.39, 0.29) is 36.8 Å². The van der Waals surface area contributed by atoms with Crippen molar-refractivity contribution in [1.29, 1.82) is 0 Å². The van der Waals surface area contributed by atoms with Gasteiger partial charge < -0.3 is 20.5 Å². The average molecular weight is 465 g/mol. The van der Waals surface area contributed by atoms with Gasteiger partial charge in [-0.15, -0.1) is 0 Å². The van der Waals surface area contributed by atoms with Crippen LogP contribution in [-0.2, 0) is 14.3 Å². The van der Waals surface area contributed by atoms with Crippen LogP contribution >= 0.6 is 0 Å². The summed E-state index contributed by atoms with van der Waals surface area (Å²) in [5.41, 5.74) is 4.73. The maximum Gasteiger partial charge on any atom is 0.407 e. The van der Waals surface area contributed by atoms with Crippen LogP contribution in [0.25, 0.3) is 11.1 Å². The second-order valence-electron chi connectivity index (χ2n) is 9.29. The molecule has 0 aromatic heterocycles. The summed E-state index contributed by atoms with van der Waals surface area (Å²) < 4.78 is 5.70. The van der Waals surface area contributed by atoms with Crippen LogP contribution in [0.2, 0.25) is 0 Å².